The maximum atomic E-state index is 14.7. The summed E-state index contributed by atoms with van der Waals surface area (Å²) in [5.74, 6) is 1.38. The second-order valence-electron chi connectivity index (χ2n) is 14.7. The molecular weight excluding hydrogens is 672 g/mol. The maximum Gasteiger partial charge on any atom is 0.135 e. The molecule has 0 spiro atoms. The molecule has 0 amide bonds. The number of alkyl halides is 2. The van der Waals surface area contributed by atoms with Crippen molar-refractivity contribution in [2.24, 2.45) is 23.7 Å². The molecule has 2 fully saturated rings. The average molecular weight is 722 g/mol. The summed E-state index contributed by atoms with van der Waals surface area (Å²) in [5.41, 5.74) is 7.12. The molecule has 52 heavy (non-hydrogen) atoms. The van der Waals surface area contributed by atoms with Gasteiger partial charge in [-0.2, -0.15) is 5.26 Å². The number of nitrogens with zero attached hydrogens (tertiary/aromatic N) is 1. The van der Waals surface area contributed by atoms with Crippen LogP contribution in [0.25, 0.3) is 22.3 Å². The molecule has 4 aromatic carbocycles. The first kappa shape index (κ1) is 39.1. The average Bonchev–Trinajstić information content (AvgIpc) is 3.19. The minimum absolute atomic E-state index is 0.0627. The summed E-state index contributed by atoms with van der Waals surface area (Å²) in [4.78, 5) is 23.3. The first-order chi connectivity index (χ1) is 25.1. The number of halogens is 3. The molecule has 2 aliphatic carbocycles. The van der Waals surface area contributed by atoms with E-state index in [0.717, 1.165) is 85.6 Å². The van der Waals surface area contributed by atoms with Crippen molar-refractivity contribution in [1.29, 1.82) is 5.26 Å². The van der Waals surface area contributed by atoms with Gasteiger partial charge in [-0.1, -0.05) is 79.7 Å². The number of rotatable bonds is 11. The lowest BCUT2D eigenvalue weighted by Gasteiger charge is -2.30. The van der Waals surface area contributed by atoms with Crippen LogP contribution in [-0.2, 0) is 22.4 Å². The molecule has 2 unspecified atom stereocenters. The summed E-state index contributed by atoms with van der Waals surface area (Å²) in [6.07, 6.45) is 8.40. The minimum atomic E-state index is -0.857. The fraction of sp³-hybridized carbons (Fsp3) is 0.413. The van der Waals surface area contributed by atoms with E-state index in [2.05, 4.69) is 30.3 Å². The third kappa shape index (κ3) is 10.9. The summed E-state index contributed by atoms with van der Waals surface area (Å²) >= 11 is 6.70. The summed E-state index contributed by atoms with van der Waals surface area (Å²) in [7, 11) is 0. The highest BCUT2D eigenvalue weighted by Crippen LogP contribution is 2.36. The molecule has 0 aromatic heterocycles. The van der Waals surface area contributed by atoms with E-state index in [1.54, 1.807) is 19.1 Å². The Morgan fingerprint density at radius 2 is 1.10 bits per heavy atom. The van der Waals surface area contributed by atoms with Gasteiger partial charge in [0.05, 0.1) is 11.6 Å². The Morgan fingerprint density at radius 1 is 0.673 bits per heavy atom. The van der Waals surface area contributed by atoms with Crippen molar-refractivity contribution in [1.82, 2.24) is 0 Å². The Labute approximate surface area is 313 Å². The molecule has 0 aliphatic heterocycles. The first-order valence-corrected chi connectivity index (χ1v) is 19.3. The highest BCUT2D eigenvalue weighted by Gasteiger charge is 2.30. The molecule has 2 saturated carbocycles. The zero-order valence-electron chi connectivity index (χ0n) is 30.4. The SMILES string of the molecule is CC(=O)C1CCC(C(Cl)Cc2ccc(-c3ccc(C#N)cc3)cc2)CC1.CCC(=O)C1CCC(C(F)Cc2ccc(-c3ccc(F)cc3)cc2)CC1. The van der Waals surface area contributed by atoms with Gasteiger partial charge >= 0.3 is 0 Å². The normalized spacial score (nSPS) is 21.2. The van der Waals surface area contributed by atoms with Crippen molar-refractivity contribution in [3.63, 3.8) is 0 Å². The van der Waals surface area contributed by atoms with Gasteiger partial charge in [-0.25, -0.2) is 8.78 Å². The lowest BCUT2D eigenvalue weighted by Crippen LogP contribution is -2.27. The predicted molar refractivity (Wildman–Crippen MR) is 207 cm³/mol. The van der Waals surface area contributed by atoms with Crippen LogP contribution in [0.15, 0.2) is 97.1 Å². The number of benzene rings is 4. The van der Waals surface area contributed by atoms with Crippen LogP contribution in [0.3, 0.4) is 0 Å². The molecule has 0 heterocycles. The van der Waals surface area contributed by atoms with Crippen molar-refractivity contribution < 1.29 is 18.4 Å². The highest BCUT2D eigenvalue weighted by atomic mass is 35.5. The molecule has 0 N–H and O–H groups in total. The van der Waals surface area contributed by atoms with Gasteiger partial charge in [0.1, 0.15) is 23.6 Å². The minimum Gasteiger partial charge on any atom is -0.300 e. The van der Waals surface area contributed by atoms with Crippen LogP contribution in [-0.4, -0.2) is 23.1 Å². The number of carbonyl (C=O) groups excluding carboxylic acids is 2. The Kier molecular flexibility index (Phi) is 14.3. The van der Waals surface area contributed by atoms with E-state index in [9.17, 15) is 18.4 Å². The summed E-state index contributed by atoms with van der Waals surface area (Å²) in [6.45, 7) is 3.61. The predicted octanol–water partition coefficient (Wildman–Crippen LogP) is 11.9. The van der Waals surface area contributed by atoms with Crippen LogP contribution in [0.5, 0.6) is 0 Å². The van der Waals surface area contributed by atoms with E-state index in [1.165, 1.54) is 17.7 Å². The number of nitriles is 1. The lowest BCUT2D eigenvalue weighted by molar-refractivity contribution is -0.124. The van der Waals surface area contributed by atoms with Crippen LogP contribution < -0.4 is 0 Å². The molecule has 2 aliphatic rings. The van der Waals surface area contributed by atoms with Crippen LogP contribution >= 0.6 is 11.6 Å². The second-order valence-corrected chi connectivity index (χ2v) is 15.2. The van der Waals surface area contributed by atoms with Crippen LogP contribution in [0.1, 0.15) is 88.3 Å². The first-order valence-electron chi connectivity index (χ1n) is 18.9. The fourth-order valence-corrected chi connectivity index (χ4v) is 8.24. The van der Waals surface area contributed by atoms with E-state index in [-0.39, 0.29) is 28.9 Å². The van der Waals surface area contributed by atoms with E-state index in [0.29, 0.717) is 35.9 Å². The molecule has 0 bridgehead atoms. The van der Waals surface area contributed by atoms with Gasteiger partial charge < -0.3 is 0 Å². The molecular formula is C46H50ClF2NO2. The quantitative estimate of drug-likeness (QED) is 0.145. The standard InChI is InChI=1S/C23H24ClNO.C23H26F2O/c1-16(26)19-10-12-22(13-11-19)23(24)14-17-2-6-20(7-3-17)21-8-4-18(15-25)5-9-21;1-2-23(26)20-9-7-19(8-10-20)22(25)15-16-3-5-17(6-4-16)18-11-13-21(24)14-12-18/h2-9,19,22-23H,10-14H2,1H3;3-6,11-14,19-20,22H,2,7-10,15H2,1H3. The van der Waals surface area contributed by atoms with Crippen LogP contribution in [0.2, 0.25) is 0 Å². The number of ketones is 2. The van der Waals surface area contributed by atoms with Crippen LogP contribution in [0.4, 0.5) is 8.78 Å². The maximum absolute atomic E-state index is 14.7. The number of carbonyl (C=O) groups is 2. The van der Waals surface area contributed by atoms with E-state index in [4.69, 9.17) is 16.9 Å². The van der Waals surface area contributed by atoms with Crippen molar-refractivity contribution in [3.8, 4) is 28.3 Å². The Hall–Kier alpha value is -4.14. The van der Waals surface area contributed by atoms with E-state index < -0.39 is 6.17 Å². The molecule has 2 atom stereocenters. The van der Waals surface area contributed by atoms with E-state index >= 15 is 0 Å². The smallest absolute Gasteiger partial charge is 0.135 e. The molecule has 272 valence electrons. The van der Waals surface area contributed by atoms with Gasteiger partial charge in [-0.3, -0.25) is 9.59 Å². The topological polar surface area (TPSA) is 57.9 Å². The molecule has 0 radical (unpaired) electrons. The molecule has 6 rings (SSSR count). The number of Topliss-reactive ketones (excluding diaryl/α,β-unsaturated/α-hetero) is 2. The van der Waals surface area contributed by atoms with Crippen molar-refractivity contribution in [2.45, 2.75) is 96.0 Å². The number of hydrogen-bond donors (Lipinski definition) is 0. The van der Waals surface area contributed by atoms with Gasteiger partial charge in [0.25, 0.3) is 0 Å². The largest absolute Gasteiger partial charge is 0.300 e. The Bertz CT molecular complexity index is 1770. The third-order valence-electron chi connectivity index (χ3n) is 11.2. The van der Waals surface area contributed by atoms with Gasteiger partial charge in [0.15, 0.2) is 0 Å². The van der Waals surface area contributed by atoms with Crippen molar-refractivity contribution in [3.05, 3.63) is 120 Å². The summed E-state index contributed by atoms with van der Waals surface area (Å²) in [5, 5.41) is 9.02. The zero-order chi connectivity index (χ0) is 37.0. The Balaban J connectivity index is 0.000000201. The molecule has 3 nitrogen and oxygen atoms in total. The molecule has 4 aromatic rings. The summed E-state index contributed by atoms with van der Waals surface area (Å²) in [6, 6.07) is 32.5. The van der Waals surface area contributed by atoms with Gasteiger partial charge in [-0.15, -0.1) is 11.6 Å². The van der Waals surface area contributed by atoms with Gasteiger partial charge in [-0.05, 0) is 134 Å². The Morgan fingerprint density at radius 3 is 1.56 bits per heavy atom. The highest BCUT2D eigenvalue weighted by molar-refractivity contribution is 6.20. The van der Waals surface area contributed by atoms with Crippen LogP contribution in [0, 0.1) is 40.8 Å². The number of hydrogen-bond acceptors (Lipinski definition) is 3. The molecule has 6 heteroatoms. The molecule has 0 saturated heterocycles. The van der Waals surface area contributed by atoms with Gasteiger partial charge in [0, 0.05) is 30.1 Å². The second kappa shape index (κ2) is 19.1. The van der Waals surface area contributed by atoms with Gasteiger partial charge in [0.2, 0.25) is 0 Å². The third-order valence-corrected chi connectivity index (χ3v) is 11.8. The lowest BCUT2D eigenvalue weighted by atomic mass is 9.77. The van der Waals surface area contributed by atoms with E-state index in [1.807, 2.05) is 55.5 Å². The fourth-order valence-electron chi connectivity index (χ4n) is 7.81. The zero-order valence-corrected chi connectivity index (χ0v) is 31.1. The summed E-state index contributed by atoms with van der Waals surface area (Å²) < 4.78 is 27.7. The monoisotopic (exact) mass is 721 g/mol. The van der Waals surface area contributed by atoms with Crippen molar-refractivity contribution >= 4 is 23.2 Å². The van der Waals surface area contributed by atoms with Crippen molar-refractivity contribution in [2.75, 3.05) is 0 Å².